The first-order valence-electron chi connectivity index (χ1n) is 9.17. The van der Waals surface area contributed by atoms with E-state index < -0.39 is 0 Å². The topological polar surface area (TPSA) is 40.5 Å². The van der Waals surface area contributed by atoms with Gasteiger partial charge in [0.05, 0.1) is 0 Å². The third-order valence-corrected chi connectivity index (χ3v) is 5.03. The number of phenolic OH excluding ortho intramolecular Hbond substituents is 2. The Hall–Kier alpha value is -2.74. The molecule has 2 unspecified atom stereocenters. The quantitative estimate of drug-likeness (QED) is 0.593. The molecule has 0 aliphatic rings. The van der Waals surface area contributed by atoms with Gasteiger partial charge in [0.15, 0.2) is 0 Å². The molecule has 0 aromatic heterocycles. The monoisotopic (exact) mass is 346 g/mol. The van der Waals surface area contributed by atoms with Gasteiger partial charge in [0.25, 0.3) is 0 Å². The van der Waals surface area contributed by atoms with Crippen LogP contribution in [0.15, 0.2) is 72.8 Å². The molecule has 0 amide bonds. The number of benzene rings is 3. The summed E-state index contributed by atoms with van der Waals surface area (Å²) in [5.74, 6) is 1.45. The molecule has 0 heterocycles. The number of hydrogen-bond donors (Lipinski definition) is 2. The van der Waals surface area contributed by atoms with Crippen LogP contribution in [0.1, 0.15) is 47.9 Å². The van der Waals surface area contributed by atoms with Gasteiger partial charge in [0.1, 0.15) is 11.5 Å². The SMILES string of the molecule is CC(Cc1ccc(CC(C)c2ccc(O)cc2)cc1)c1ccc(O)cc1. The van der Waals surface area contributed by atoms with Crippen LogP contribution in [-0.2, 0) is 12.8 Å². The van der Waals surface area contributed by atoms with Crippen molar-refractivity contribution >= 4 is 0 Å². The van der Waals surface area contributed by atoms with Gasteiger partial charge in [-0.1, -0.05) is 62.4 Å². The van der Waals surface area contributed by atoms with Crippen molar-refractivity contribution in [1.82, 2.24) is 0 Å². The Bertz CT molecular complexity index is 745. The molecule has 0 spiro atoms. The molecule has 0 radical (unpaired) electrons. The van der Waals surface area contributed by atoms with Crippen LogP contribution < -0.4 is 0 Å². The number of rotatable bonds is 6. The minimum absolute atomic E-state index is 0.313. The second-order valence-electron chi connectivity index (χ2n) is 7.21. The Balaban J connectivity index is 1.61. The molecule has 2 atom stereocenters. The van der Waals surface area contributed by atoms with Crippen molar-refractivity contribution in [3.63, 3.8) is 0 Å². The van der Waals surface area contributed by atoms with Crippen LogP contribution in [0.25, 0.3) is 0 Å². The third kappa shape index (κ3) is 4.66. The minimum atomic E-state index is 0.313. The van der Waals surface area contributed by atoms with E-state index in [1.54, 1.807) is 24.3 Å². The van der Waals surface area contributed by atoms with Crippen LogP contribution in [0.2, 0.25) is 0 Å². The van der Waals surface area contributed by atoms with E-state index in [-0.39, 0.29) is 0 Å². The summed E-state index contributed by atoms with van der Waals surface area (Å²) in [6, 6.07) is 23.8. The summed E-state index contributed by atoms with van der Waals surface area (Å²) < 4.78 is 0. The van der Waals surface area contributed by atoms with E-state index in [0.717, 1.165) is 12.8 Å². The van der Waals surface area contributed by atoms with E-state index in [2.05, 4.69) is 38.1 Å². The van der Waals surface area contributed by atoms with Gasteiger partial charge in [-0.3, -0.25) is 0 Å². The first kappa shape index (κ1) is 18.1. The Labute approximate surface area is 155 Å². The normalized spacial score (nSPS) is 13.3. The molecule has 0 aliphatic heterocycles. The molecule has 3 rings (SSSR count). The molecule has 2 N–H and O–H groups in total. The van der Waals surface area contributed by atoms with Crippen molar-refractivity contribution in [1.29, 1.82) is 0 Å². The van der Waals surface area contributed by atoms with Crippen LogP contribution in [0.3, 0.4) is 0 Å². The van der Waals surface area contributed by atoms with Gasteiger partial charge in [0, 0.05) is 0 Å². The van der Waals surface area contributed by atoms with Gasteiger partial charge in [-0.2, -0.15) is 0 Å². The Kier molecular flexibility index (Phi) is 5.62. The van der Waals surface area contributed by atoms with Gasteiger partial charge in [-0.15, -0.1) is 0 Å². The van der Waals surface area contributed by atoms with Crippen molar-refractivity contribution in [2.45, 2.75) is 38.5 Å². The van der Waals surface area contributed by atoms with E-state index in [9.17, 15) is 10.2 Å². The fraction of sp³-hybridized carbons (Fsp3) is 0.250. The predicted molar refractivity (Wildman–Crippen MR) is 107 cm³/mol. The van der Waals surface area contributed by atoms with Gasteiger partial charge in [-0.25, -0.2) is 0 Å². The number of aromatic hydroxyl groups is 2. The lowest BCUT2D eigenvalue weighted by Gasteiger charge is -2.14. The van der Waals surface area contributed by atoms with Crippen LogP contribution in [0.4, 0.5) is 0 Å². The molecular formula is C24H26O2. The van der Waals surface area contributed by atoms with Gasteiger partial charge in [-0.05, 0) is 71.2 Å². The smallest absolute Gasteiger partial charge is 0.115 e. The highest BCUT2D eigenvalue weighted by atomic mass is 16.3. The second-order valence-corrected chi connectivity index (χ2v) is 7.21. The zero-order chi connectivity index (χ0) is 18.5. The Morgan fingerprint density at radius 3 is 1.15 bits per heavy atom. The van der Waals surface area contributed by atoms with Crippen LogP contribution in [-0.4, -0.2) is 10.2 Å². The summed E-state index contributed by atoms with van der Waals surface area (Å²) in [7, 11) is 0. The summed E-state index contributed by atoms with van der Waals surface area (Å²) >= 11 is 0. The van der Waals surface area contributed by atoms with Crippen molar-refractivity contribution in [3.8, 4) is 11.5 Å². The summed E-state index contributed by atoms with van der Waals surface area (Å²) in [4.78, 5) is 0. The molecule has 3 aromatic rings. The molecule has 0 aliphatic carbocycles. The molecule has 3 aromatic carbocycles. The lowest BCUT2D eigenvalue weighted by molar-refractivity contribution is 0.474. The average molecular weight is 346 g/mol. The second kappa shape index (κ2) is 8.09. The van der Waals surface area contributed by atoms with E-state index in [0.29, 0.717) is 23.3 Å². The highest BCUT2D eigenvalue weighted by molar-refractivity contribution is 5.32. The van der Waals surface area contributed by atoms with Gasteiger partial charge in [0.2, 0.25) is 0 Å². The van der Waals surface area contributed by atoms with E-state index in [1.165, 1.54) is 22.3 Å². The Morgan fingerprint density at radius 1 is 0.538 bits per heavy atom. The first-order chi connectivity index (χ1) is 12.5. The van der Waals surface area contributed by atoms with Crippen molar-refractivity contribution in [3.05, 3.63) is 95.1 Å². The summed E-state index contributed by atoms with van der Waals surface area (Å²) in [5.41, 5.74) is 5.14. The zero-order valence-corrected chi connectivity index (χ0v) is 15.4. The molecule has 2 nitrogen and oxygen atoms in total. The van der Waals surface area contributed by atoms with Gasteiger partial charge < -0.3 is 10.2 Å². The lowest BCUT2D eigenvalue weighted by Crippen LogP contribution is -2.00. The molecule has 0 saturated heterocycles. The highest BCUT2D eigenvalue weighted by Gasteiger charge is 2.09. The van der Waals surface area contributed by atoms with Crippen LogP contribution >= 0.6 is 0 Å². The minimum Gasteiger partial charge on any atom is -0.508 e. The molecule has 0 fully saturated rings. The third-order valence-electron chi connectivity index (χ3n) is 5.03. The molecule has 0 saturated carbocycles. The van der Waals surface area contributed by atoms with E-state index in [4.69, 9.17) is 0 Å². The van der Waals surface area contributed by atoms with Crippen molar-refractivity contribution in [2.24, 2.45) is 0 Å². The number of hydrogen-bond acceptors (Lipinski definition) is 2. The van der Waals surface area contributed by atoms with Crippen molar-refractivity contribution < 1.29 is 10.2 Å². The summed E-state index contributed by atoms with van der Waals surface area (Å²) in [6.45, 7) is 4.43. The predicted octanol–water partition coefficient (Wildman–Crippen LogP) is 5.79. The lowest BCUT2D eigenvalue weighted by atomic mass is 9.91. The fourth-order valence-corrected chi connectivity index (χ4v) is 3.36. The standard InChI is InChI=1S/C24H26O2/c1-17(21-7-11-23(25)12-8-21)15-19-3-5-20(6-4-19)16-18(2)22-9-13-24(26)14-10-22/h3-14,17-18,25-26H,15-16H2,1-2H3. The molecule has 2 heteroatoms. The Morgan fingerprint density at radius 2 is 0.846 bits per heavy atom. The maximum absolute atomic E-state index is 9.41. The summed E-state index contributed by atoms with van der Waals surface area (Å²) in [5, 5.41) is 18.8. The maximum Gasteiger partial charge on any atom is 0.115 e. The zero-order valence-electron chi connectivity index (χ0n) is 15.4. The largest absolute Gasteiger partial charge is 0.508 e. The van der Waals surface area contributed by atoms with E-state index >= 15 is 0 Å². The molecule has 26 heavy (non-hydrogen) atoms. The van der Waals surface area contributed by atoms with Crippen LogP contribution in [0, 0.1) is 0 Å². The maximum atomic E-state index is 9.41. The fourth-order valence-electron chi connectivity index (χ4n) is 3.36. The van der Waals surface area contributed by atoms with Gasteiger partial charge >= 0.3 is 0 Å². The summed E-state index contributed by atoms with van der Waals surface area (Å²) in [6.07, 6.45) is 1.97. The first-order valence-corrected chi connectivity index (χ1v) is 9.17. The van der Waals surface area contributed by atoms with E-state index in [1.807, 2.05) is 24.3 Å². The van der Waals surface area contributed by atoms with Crippen LogP contribution in [0.5, 0.6) is 11.5 Å². The number of phenols is 2. The molecule has 134 valence electrons. The molecule has 0 bridgehead atoms. The van der Waals surface area contributed by atoms with Crippen molar-refractivity contribution in [2.75, 3.05) is 0 Å². The molecular weight excluding hydrogens is 320 g/mol. The highest BCUT2D eigenvalue weighted by Crippen LogP contribution is 2.25. The average Bonchev–Trinajstić information content (AvgIpc) is 2.64.